The van der Waals surface area contributed by atoms with Gasteiger partial charge in [-0.3, -0.25) is 20.0 Å². The van der Waals surface area contributed by atoms with E-state index < -0.39 is 4.92 Å². The number of hydrogen-bond donors (Lipinski definition) is 3. The number of amides is 1. The maximum atomic E-state index is 12.0. The Balaban J connectivity index is 2.13. The van der Waals surface area contributed by atoms with Gasteiger partial charge in [-0.15, -0.1) is 0 Å². The smallest absolute Gasteiger partial charge is 0.292 e. The molecule has 1 heterocycles. The molecule has 0 aliphatic carbocycles. The van der Waals surface area contributed by atoms with Gasteiger partial charge in [0, 0.05) is 18.2 Å². The van der Waals surface area contributed by atoms with Crippen molar-refractivity contribution in [2.75, 3.05) is 11.9 Å². The third-order valence-corrected chi connectivity index (χ3v) is 2.70. The highest BCUT2D eigenvalue weighted by molar-refractivity contribution is 5.95. The third kappa shape index (κ3) is 3.53. The number of nitro groups is 1. The molecule has 0 fully saturated rings. The summed E-state index contributed by atoms with van der Waals surface area (Å²) in [5.41, 5.74) is 0.578. The van der Waals surface area contributed by atoms with Gasteiger partial charge in [0.25, 0.3) is 11.6 Å². The highest BCUT2D eigenvalue weighted by atomic mass is 16.6. The van der Waals surface area contributed by atoms with Gasteiger partial charge < -0.3 is 10.6 Å². The van der Waals surface area contributed by atoms with E-state index in [0.29, 0.717) is 23.6 Å². The molecule has 0 radical (unpaired) electrons. The molecule has 9 heteroatoms. The van der Waals surface area contributed by atoms with Crippen LogP contribution in [0.2, 0.25) is 0 Å². The number of nitro benzene ring substituents is 1. The van der Waals surface area contributed by atoms with Crippen LogP contribution in [0.4, 0.5) is 11.4 Å². The number of anilines is 1. The Hall–Kier alpha value is -2.97. The normalized spacial score (nSPS) is 10.1. The molecule has 110 valence electrons. The van der Waals surface area contributed by atoms with Gasteiger partial charge in [-0.1, -0.05) is 0 Å². The van der Waals surface area contributed by atoms with E-state index in [9.17, 15) is 14.9 Å². The molecular weight excluding hydrogens is 276 g/mol. The summed E-state index contributed by atoms with van der Waals surface area (Å²) in [6.07, 6.45) is 1.34. The number of rotatable bonds is 6. The van der Waals surface area contributed by atoms with E-state index in [-0.39, 0.29) is 18.1 Å². The highest BCUT2D eigenvalue weighted by Gasteiger charge is 2.16. The summed E-state index contributed by atoms with van der Waals surface area (Å²) in [6, 6.07) is 4.17. The predicted molar refractivity (Wildman–Crippen MR) is 74.8 cm³/mol. The summed E-state index contributed by atoms with van der Waals surface area (Å²) in [5.74, 6) is 0.178. The summed E-state index contributed by atoms with van der Waals surface area (Å²) < 4.78 is 0. The minimum atomic E-state index is -0.492. The monoisotopic (exact) mass is 290 g/mol. The Labute approximate surface area is 119 Å². The zero-order chi connectivity index (χ0) is 15.2. The summed E-state index contributed by atoms with van der Waals surface area (Å²) in [5, 5.41) is 22.7. The first kappa shape index (κ1) is 14.4. The van der Waals surface area contributed by atoms with Gasteiger partial charge in [-0.05, 0) is 19.1 Å². The van der Waals surface area contributed by atoms with E-state index in [2.05, 4.69) is 25.8 Å². The van der Waals surface area contributed by atoms with E-state index >= 15 is 0 Å². The fourth-order valence-corrected chi connectivity index (χ4v) is 1.75. The molecule has 0 saturated carbocycles. The average Bonchev–Trinajstić information content (AvgIpc) is 2.98. The second-order valence-corrected chi connectivity index (χ2v) is 4.13. The second-order valence-electron chi connectivity index (χ2n) is 4.13. The number of nitrogens with zero attached hydrogens (tertiary/aromatic N) is 3. The Bertz CT molecular complexity index is 640. The molecule has 1 aromatic heterocycles. The van der Waals surface area contributed by atoms with Gasteiger partial charge in [-0.25, -0.2) is 4.98 Å². The zero-order valence-electron chi connectivity index (χ0n) is 11.3. The number of aromatic nitrogens is 3. The first-order valence-electron chi connectivity index (χ1n) is 6.26. The van der Waals surface area contributed by atoms with Crippen LogP contribution in [0.15, 0.2) is 24.5 Å². The number of carbonyl (C=O) groups excluding carboxylic acids is 1. The Kier molecular flexibility index (Phi) is 4.44. The topological polar surface area (TPSA) is 126 Å². The maximum Gasteiger partial charge on any atom is 0.292 e. The van der Waals surface area contributed by atoms with Crippen molar-refractivity contribution in [2.24, 2.45) is 0 Å². The second kappa shape index (κ2) is 6.46. The SMILES string of the molecule is CCNc1cc(C(=O)NCc2ncn[nH]2)ccc1[N+](=O)[O-]. The fourth-order valence-electron chi connectivity index (χ4n) is 1.75. The first-order valence-corrected chi connectivity index (χ1v) is 6.26. The molecule has 21 heavy (non-hydrogen) atoms. The molecule has 0 aliphatic rings. The van der Waals surface area contributed by atoms with E-state index in [0.717, 1.165) is 0 Å². The highest BCUT2D eigenvalue weighted by Crippen LogP contribution is 2.25. The molecule has 0 bridgehead atoms. The van der Waals surface area contributed by atoms with Crippen molar-refractivity contribution in [2.45, 2.75) is 13.5 Å². The van der Waals surface area contributed by atoms with Crippen molar-refractivity contribution in [1.82, 2.24) is 20.5 Å². The van der Waals surface area contributed by atoms with Crippen LogP contribution in [0.3, 0.4) is 0 Å². The molecule has 0 saturated heterocycles. The lowest BCUT2D eigenvalue weighted by atomic mass is 10.1. The lowest BCUT2D eigenvalue weighted by Gasteiger charge is -2.07. The van der Waals surface area contributed by atoms with Crippen molar-refractivity contribution in [3.63, 3.8) is 0 Å². The molecule has 3 N–H and O–H groups in total. The van der Waals surface area contributed by atoms with Crippen LogP contribution >= 0.6 is 0 Å². The molecule has 0 aliphatic heterocycles. The molecule has 9 nitrogen and oxygen atoms in total. The van der Waals surface area contributed by atoms with Crippen molar-refractivity contribution in [3.05, 3.63) is 46.0 Å². The van der Waals surface area contributed by atoms with E-state index in [4.69, 9.17) is 0 Å². The number of H-pyrrole nitrogens is 1. The van der Waals surface area contributed by atoms with Crippen molar-refractivity contribution in [3.8, 4) is 0 Å². The number of aromatic amines is 1. The summed E-state index contributed by atoms with van der Waals surface area (Å²) >= 11 is 0. The third-order valence-electron chi connectivity index (χ3n) is 2.70. The number of benzene rings is 1. The van der Waals surface area contributed by atoms with Gasteiger partial charge in [0.15, 0.2) is 0 Å². The largest absolute Gasteiger partial charge is 0.380 e. The lowest BCUT2D eigenvalue weighted by molar-refractivity contribution is -0.384. The summed E-state index contributed by atoms with van der Waals surface area (Å²) in [6.45, 7) is 2.54. The molecule has 0 atom stereocenters. The number of hydrogen-bond acceptors (Lipinski definition) is 6. The van der Waals surface area contributed by atoms with Gasteiger partial charge in [-0.2, -0.15) is 5.10 Å². The minimum absolute atomic E-state index is 0.0661. The van der Waals surface area contributed by atoms with Gasteiger partial charge >= 0.3 is 0 Å². The van der Waals surface area contributed by atoms with Crippen LogP contribution in [0, 0.1) is 10.1 Å². The predicted octanol–water partition coefficient (Wildman–Crippen LogP) is 1.07. The molecule has 2 aromatic rings. The van der Waals surface area contributed by atoms with Gasteiger partial charge in [0.2, 0.25) is 0 Å². The zero-order valence-corrected chi connectivity index (χ0v) is 11.3. The first-order chi connectivity index (χ1) is 10.1. The average molecular weight is 290 g/mol. The molecule has 2 rings (SSSR count). The van der Waals surface area contributed by atoms with Crippen LogP contribution in [0.25, 0.3) is 0 Å². The Morgan fingerprint density at radius 2 is 2.29 bits per heavy atom. The summed E-state index contributed by atoms with van der Waals surface area (Å²) in [4.78, 5) is 26.3. The Morgan fingerprint density at radius 1 is 1.48 bits per heavy atom. The van der Waals surface area contributed by atoms with Crippen LogP contribution in [0.5, 0.6) is 0 Å². The number of nitrogens with one attached hydrogen (secondary N) is 3. The molecule has 0 spiro atoms. The van der Waals surface area contributed by atoms with Crippen molar-refractivity contribution >= 4 is 17.3 Å². The van der Waals surface area contributed by atoms with E-state index in [1.54, 1.807) is 0 Å². The van der Waals surface area contributed by atoms with Crippen LogP contribution in [0.1, 0.15) is 23.1 Å². The Morgan fingerprint density at radius 3 is 2.90 bits per heavy atom. The molecule has 1 amide bonds. The molecule has 0 unspecified atom stereocenters. The summed E-state index contributed by atoms with van der Waals surface area (Å²) in [7, 11) is 0. The van der Waals surface area contributed by atoms with Crippen molar-refractivity contribution < 1.29 is 9.72 Å². The van der Waals surface area contributed by atoms with E-state index in [1.807, 2.05) is 6.92 Å². The number of carbonyl (C=O) groups is 1. The van der Waals surface area contributed by atoms with Gasteiger partial charge in [0.05, 0.1) is 11.5 Å². The van der Waals surface area contributed by atoms with Crippen LogP contribution in [-0.4, -0.2) is 32.6 Å². The fraction of sp³-hybridized carbons (Fsp3) is 0.250. The maximum absolute atomic E-state index is 12.0. The quantitative estimate of drug-likeness (QED) is 0.539. The lowest BCUT2D eigenvalue weighted by Crippen LogP contribution is -2.23. The van der Waals surface area contributed by atoms with Crippen molar-refractivity contribution in [1.29, 1.82) is 0 Å². The minimum Gasteiger partial charge on any atom is -0.380 e. The van der Waals surface area contributed by atoms with E-state index in [1.165, 1.54) is 24.5 Å². The van der Waals surface area contributed by atoms with Gasteiger partial charge in [0.1, 0.15) is 17.8 Å². The van der Waals surface area contributed by atoms with Crippen LogP contribution in [-0.2, 0) is 6.54 Å². The standard InChI is InChI=1S/C12H14N6O3/c1-2-13-9-5-8(3-4-10(9)18(20)21)12(19)14-6-11-15-7-16-17-11/h3-5,7,13H,2,6H2,1H3,(H,14,19)(H,15,16,17). The molecule has 1 aromatic carbocycles. The molecular formula is C12H14N6O3. The van der Waals surface area contributed by atoms with Crippen LogP contribution < -0.4 is 10.6 Å².